The van der Waals surface area contributed by atoms with Crippen molar-refractivity contribution in [2.75, 3.05) is 6.54 Å². The Labute approximate surface area is 127 Å². The van der Waals surface area contributed by atoms with Crippen LogP contribution in [0.25, 0.3) is 0 Å². The highest BCUT2D eigenvalue weighted by atomic mass is 35.5. The first-order chi connectivity index (χ1) is 9.65. The summed E-state index contributed by atoms with van der Waals surface area (Å²) in [7, 11) is 0. The molecule has 0 fully saturated rings. The molecule has 2 aromatic carbocycles. The van der Waals surface area contributed by atoms with E-state index in [9.17, 15) is 4.79 Å². The van der Waals surface area contributed by atoms with Gasteiger partial charge >= 0.3 is 0 Å². The van der Waals surface area contributed by atoms with Crippen molar-refractivity contribution in [1.82, 2.24) is 5.32 Å². The molecule has 1 N–H and O–H groups in total. The number of rotatable bonds is 2. The Morgan fingerprint density at radius 2 is 1.75 bits per heavy atom. The van der Waals surface area contributed by atoms with Crippen LogP contribution in [0.1, 0.15) is 15.9 Å². The maximum Gasteiger partial charge on any atom is 0.252 e. The second-order valence-corrected chi connectivity index (χ2v) is 4.88. The Balaban J connectivity index is 1.92. The Hall–Kier alpha value is -1.95. The summed E-state index contributed by atoms with van der Waals surface area (Å²) in [5, 5.41) is 3.88. The van der Waals surface area contributed by atoms with Crippen molar-refractivity contribution in [3.05, 3.63) is 69.7 Å². The predicted molar refractivity (Wildman–Crippen MR) is 82.1 cm³/mol. The largest absolute Gasteiger partial charge is 0.341 e. The van der Waals surface area contributed by atoms with E-state index >= 15 is 0 Å². The molecule has 0 spiro atoms. The number of halogens is 2. The summed E-state index contributed by atoms with van der Waals surface area (Å²) in [5.74, 6) is 5.60. The number of amides is 1. The van der Waals surface area contributed by atoms with Crippen molar-refractivity contribution in [2.24, 2.45) is 0 Å². The van der Waals surface area contributed by atoms with Crippen molar-refractivity contribution in [2.45, 2.75) is 0 Å². The molecule has 0 atom stereocenters. The van der Waals surface area contributed by atoms with Gasteiger partial charge in [0.05, 0.1) is 6.54 Å². The van der Waals surface area contributed by atoms with Crippen LogP contribution in [-0.2, 0) is 0 Å². The molecule has 0 saturated carbocycles. The minimum Gasteiger partial charge on any atom is -0.341 e. The molecular weight excluding hydrogens is 293 g/mol. The first-order valence-corrected chi connectivity index (χ1v) is 6.69. The fourth-order valence-corrected chi connectivity index (χ4v) is 1.95. The molecule has 0 saturated heterocycles. The second kappa shape index (κ2) is 7.00. The molecule has 0 aromatic heterocycles. The molecule has 2 aromatic rings. The van der Waals surface area contributed by atoms with Gasteiger partial charge in [-0.3, -0.25) is 4.79 Å². The van der Waals surface area contributed by atoms with Gasteiger partial charge in [-0.2, -0.15) is 0 Å². The van der Waals surface area contributed by atoms with Gasteiger partial charge in [-0.15, -0.1) is 0 Å². The van der Waals surface area contributed by atoms with E-state index in [0.717, 1.165) is 5.56 Å². The molecule has 0 aliphatic carbocycles. The lowest BCUT2D eigenvalue weighted by molar-refractivity contribution is 0.0958. The van der Waals surface area contributed by atoms with Crippen LogP contribution in [0.4, 0.5) is 0 Å². The van der Waals surface area contributed by atoms with Crippen LogP contribution in [0.15, 0.2) is 48.5 Å². The summed E-state index contributed by atoms with van der Waals surface area (Å²) in [6.45, 7) is 0.262. The van der Waals surface area contributed by atoms with Gasteiger partial charge in [0.1, 0.15) is 0 Å². The summed E-state index contributed by atoms with van der Waals surface area (Å²) in [4.78, 5) is 11.8. The summed E-state index contributed by atoms with van der Waals surface area (Å²) in [6.07, 6.45) is 0. The van der Waals surface area contributed by atoms with Gasteiger partial charge in [-0.05, 0) is 36.4 Å². The van der Waals surface area contributed by atoms with E-state index in [1.165, 1.54) is 0 Å². The SMILES string of the molecule is O=C(NCC#Cc1cccc(Cl)c1)c1cccc(Cl)c1. The van der Waals surface area contributed by atoms with E-state index in [1.54, 1.807) is 36.4 Å². The van der Waals surface area contributed by atoms with Crippen molar-refractivity contribution in [3.63, 3.8) is 0 Å². The molecule has 2 rings (SSSR count). The highest BCUT2D eigenvalue weighted by Gasteiger charge is 2.03. The molecular formula is C16H11Cl2NO. The molecule has 100 valence electrons. The van der Waals surface area contributed by atoms with Gasteiger partial charge in [-0.25, -0.2) is 0 Å². The monoisotopic (exact) mass is 303 g/mol. The Morgan fingerprint density at radius 1 is 1.05 bits per heavy atom. The fourth-order valence-electron chi connectivity index (χ4n) is 1.57. The molecule has 0 radical (unpaired) electrons. The molecule has 0 aliphatic rings. The Kier molecular flexibility index (Phi) is 5.06. The van der Waals surface area contributed by atoms with Gasteiger partial charge in [0.15, 0.2) is 0 Å². The maximum atomic E-state index is 11.8. The molecule has 0 heterocycles. The van der Waals surface area contributed by atoms with E-state index in [4.69, 9.17) is 23.2 Å². The molecule has 4 heteroatoms. The molecule has 2 nitrogen and oxygen atoms in total. The smallest absolute Gasteiger partial charge is 0.252 e. The van der Waals surface area contributed by atoms with Gasteiger partial charge in [0, 0.05) is 21.2 Å². The fraction of sp³-hybridized carbons (Fsp3) is 0.0625. The Morgan fingerprint density at radius 3 is 2.45 bits per heavy atom. The van der Waals surface area contributed by atoms with Gasteiger partial charge < -0.3 is 5.32 Å². The molecule has 0 aliphatic heterocycles. The second-order valence-electron chi connectivity index (χ2n) is 4.01. The number of hydrogen-bond acceptors (Lipinski definition) is 1. The first kappa shape index (κ1) is 14.5. The van der Waals surface area contributed by atoms with E-state index in [1.807, 2.05) is 12.1 Å². The third kappa shape index (κ3) is 4.31. The minimum absolute atomic E-state index is 0.201. The van der Waals surface area contributed by atoms with Crippen LogP contribution in [0.5, 0.6) is 0 Å². The van der Waals surface area contributed by atoms with E-state index in [2.05, 4.69) is 17.2 Å². The van der Waals surface area contributed by atoms with Crippen LogP contribution in [0.3, 0.4) is 0 Å². The van der Waals surface area contributed by atoms with Crippen molar-refractivity contribution in [3.8, 4) is 11.8 Å². The summed E-state index contributed by atoms with van der Waals surface area (Å²) in [5.41, 5.74) is 1.33. The van der Waals surface area contributed by atoms with Crippen molar-refractivity contribution in [1.29, 1.82) is 0 Å². The average Bonchev–Trinajstić information content (AvgIpc) is 2.43. The average molecular weight is 304 g/mol. The molecule has 20 heavy (non-hydrogen) atoms. The summed E-state index contributed by atoms with van der Waals surface area (Å²) >= 11 is 11.7. The van der Waals surface area contributed by atoms with Gasteiger partial charge in [0.25, 0.3) is 5.91 Å². The third-order valence-corrected chi connectivity index (χ3v) is 2.95. The third-order valence-electron chi connectivity index (χ3n) is 2.48. The van der Waals surface area contributed by atoms with Gasteiger partial charge in [-0.1, -0.05) is 47.2 Å². The van der Waals surface area contributed by atoms with E-state index in [-0.39, 0.29) is 12.5 Å². The van der Waals surface area contributed by atoms with Crippen LogP contribution in [0, 0.1) is 11.8 Å². The van der Waals surface area contributed by atoms with Crippen LogP contribution in [-0.4, -0.2) is 12.5 Å². The van der Waals surface area contributed by atoms with Crippen molar-refractivity contribution >= 4 is 29.1 Å². The zero-order valence-corrected chi connectivity index (χ0v) is 12.0. The number of hydrogen-bond donors (Lipinski definition) is 1. The first-order valence-electron chi connectivity index (χ1n) is 5.93. The van der Waals surface area contributed by atoms with Crippen molar-refractivity contribution < 1.29 is 4.79 Å². The number of carbonyl (C=O) groups is 1. The normalized spacial score (nSPS) is 9.50. The molecule has 1 amide bonds. The van der Waals surface area contributed by atoms with Crippen LogP contribution < -0.4 is 5.32 Å². The lowest BCUT2D eigenvalue weighted by Crippen LogP contribution is -2.23. The number of carbonyl (C=O) groups excluding carboxylic acids is 1. The van der Waals surface area contributed by atoms with Crippen LogP contribution in [0.2, 0.25) is 10.0 Å². The highest BCUT2D eigenvalue weighted by Crippen LogP contribution is 2.10. The van der Waals surface area contributed by atoms with Crippen LogP contribution >= 0.6 is 23.2 Å². The standard InChI is InChI=1S/C16H11Cl2NO/c17-14-7-1-4-12(10-14)5-3-9-19-16(20)13-6-2-8-15(18)11-13/h1-2,4,6-8,10-11H,9H2,(H,19,20). The van der Waals surface area contributed by atoms with E-state index < -0.39 is 0 Å². The summed E-state index contributed by atoms with van der Waals surface area (Å²) < 4.78 is 0. The lowest BCUT2D eigenvalue weighted by Gasteiger charge is -2.01. The van der Waals surface area contributed by atoms with E-state index in [0.29, 0.717) is 15.6 Å². The number of nitrogens with one attached hydrogen (secondary N) is 1. The number of benzene rings is 2. The minimum atomic E-state index is -0.201. The highest BCUT2D eigenvalue weighted by molar-refractivity contribution is 6.31. The Bertz CT molecular complexity index is 686. The predicted octanol–water partition coefficient (Wildman–Crippen LogP) is 3.77. The molecule has 0 bridgehead atoms. The topological polar surface area (TPSA) is 29.1 Å². The lowest BCUT2D eigenvalue weighted by atomic mass is 10.2. The maximum absolute atomic E-state index is 11.8. The zero-order valence-electron chi connectivity index (χ0n) is 10.5. The molecule has 0 unspecified atom stereocenters. The zero-order chi connectivity index (χ0) is 14.4. The van der Waals surface area contributed by atoms with Gasteiger partial charge in [0.2, 0.25) is 0 Å². The quantitative estimate of drug-likeness (QED) is 0.841. The summed E-state index contributed by atoms with van der Waals surface area (Å²) in [6, 6.07) is 14.0.